The molecule has 2 rings (SSSR count). The molecule has 0 fully saturated rings. The van der Waals surface area contributed by atoms with Crippen LogP contribution in [0.3, 0.4) is 0 Å². The van der Waals surface area contributed by atoms with Crippen LogP contribution in [0.5, 0.6) is 0 Å². The van der Waals surface area contributed by atoms with Gasteiger partial charge in [-0.2, -0.15) is 5.26 Å². The van der Waals surface area contributed by atoms with Gasteiger partial charge in [-0.3, -0.25) is 4.98 Å². The highest BCUT2D eigenvalue weighted by Gasteiger charge is 2.03. The number of pyridine rings is 1. The molecule has 0 aliphatic heterocycles. The van der Waals surface area contributed by atoms with Crippen molar-refractivity contribution < 1.29 is 0 Å². The number of nitriles is 1. The van der Waals surface area contributed by atoms with Crippen LogP contribution in [-0.4, -0.2) is 4.98 Å². The van der Waals surface area contributed by atoms with Crippen LogP contribution < -0.4 is 5.73 Å². The van der Waals surface area contributed by atoms with Crippen LogP contribution in [0.2, 0.25) is 0 Å². The Morgan fingerprint density at radius 2 is 2.00 bits per heavy atom. The Balaban J connectivity index is 2.60. The Morgan fingerprint density at radius 1 is 1.20 bits per heavy atom. The number of nitrogens with two attached hydrogens (primary N) is 1. The van der Waals surface area contributed by atoms with E-state index in [9.17, 15) is 0 Å². The number of hydrogen-bond donors (Lipinski definition) is 1. The fraction of sp³-hybridized carbons (Fsp3) is 0. The molecule has 0 spiro atoms. The van der Waals surface area contributed by atoms with E-state index in [-0.39, 0.29) is 0 Å². The highest BCUT2D eigenvalue weighted by Crippen LogP contribution is 2.23. The average molecular weight is 195 g/mol. The summed E-state index contributed by atoms with van der Waals surface area (Å²) in [5, 5.41) is 8.95. The minimum Gasteiger partial charge on any atom is -0.397 e. The largest absolute Gasteiger partial charge is 0.397 e. The lowest BCUT2D eigenvalue weighted by molar-refractivity contribution is 1.33. The molecule has 0 aliphatic rings. The summed E-state index contributed by atoms with van der Waals surface area (Å²) in [5.74, 6) is 0. The second-order valence-corrected chi connectivity index (χ2v) is 3.16. The molecular formula is C12H9N3. The maximum atomic E-state index is 8.95. The summed E-state index contributed by atoms with van der Waals surface area (Å²) >= 11 is 0. The van der Waals surface area contributed by atoms with E-state index in [4.69, 9.17) is 11.0 Å². The third kappa shape index (κ3) is 1.79. The van der Waals surface area contributed by atoms with Crippen LogP contribution in [0, 0.1) is 11.3 Å². The highest BCUT2D eigenvalue weighted by molar-refractivity contribution is 5.71. The zero-order valence-corrected chi connectivity index (χ0v) is 8.01. The molecule has 72 valence electrons. The number of aromatic nitrogens is 1. The van der Waals surface area contributed by atoms with E-state index >= 15 is 0 Å². The first-order valence-electron chi connectivity index (χ1n) is 4.51. The molecule has 15 heavy (non-hydrogen) atoms. The van der Waals surface area contributed by atoms with Gasteiger partial charge in [0.1, 0.15) is 0 Å². The van der Waals surface area contributed by atoms with Crippen molar-refractivity contribution in [1.29, 1.82) is 5.26 Å². The first kappa shape index (κ1) is 9.22. The van der Waals surface area contributed by atoms with Gasteiger partial charge in [0.15, 0.2) is 0 Å². The first-order valence-corrected chi connectivity index (χ1v) is 4.51. The lowest BCUT2D eigenvalue weighted by Crippen LogP contribution is -1.89. The molecule has 0 saturated carbocycles. The van der Waals surface area contributed by atoms with Gasteiger partial charge in [-0.05, 0) is 12.1 Å². The van der Waals surface area contributed by atoms with E-state index in [2.05, 4.69) is 11.1 Å². The number of anilines is 1. The molecule has 0 saturated heterocycles. The first-order chi connectivity index (χ1) is 7.31. The van der Waals surface area contributed by atoms with Gasteiger partial charge in [0, 0.05) is 23.5 Å². The van der Waals surface area contributed by atoms with Crippen molar-refractivity contribution in [2.75, 3.05) is 5.73 Å². The third-order valence-electron chi connectivity index (χ3n) is 2.12. The summed E-state index contributed by atoms with van der Waals surface area (Å²) in [7, 11) is 0. The van der Waals surface area contributed by atoms with Crippen LogP contribution in [0.15, 0.2) is 42.7 Å². The Morgan fingerprint density at radius 3 is 2.73 bits per heavy atom. The number of benzene rings is 1. The van der Waals surface area contributed by atoms with E-state index in [0.29, 0.717) is 11.3 Å². The standard InChI is InChI=1S/C12H9N3/c13-6-9-3-1-2-4-12(9)10-5-11(14)8-15-7-10/h1-5,7-8H,14H2. The summed E-state index contributed by atoms with van der Waals surface area (Å²) in [6.45, 7) is 0. The van der Waals surface area contributed by atoms with Crippen LogP contribution in [0.1, 0.15) is 5.56 Å². The van der Waals surface area contributed by atoms with Crippen LogP contribution in [0.25, 0.3) is 11.1 Å². The van der Waals surface area contributed by atoms with E-state index < -0.39 is 0 Å². The Hall–Kier alpha value is -2.34. The fourth-order valence-electron chi connectivity index (χ4n) is 1.44. The van der Waals surface area contributed by atoms with Crippen molar-refractivity contribution in [2.45, 2.75) is 0 Å². The third-order valence-corrected chi connectivity index (χ3v) is 2.12. The number of nitrogens with zero attached hydrogens (tertiary/aromatic N) is 2. The molecule has 0 atom stereocenters. The molecule has 0 amide bonds. The normalized spacial score (nSPS) is 9.53. The minimum absolute atomic E-state index is 0.597. The average Bonchev–Trinajstić information content (AvgIpc) is 2.29. The van der Waals surface area contributed by atoms with Crippen molar-refractivity contribution in [3.05, 3.63) is 48.3 Å². The maximum absolute atomic E-state index is 8.95. The predicted molar refractivity (Wildman–Crippen MR) is 58.8 cm³/mol. The zero-order chi connectivity index (χ0) is 10.7. The van der Waals surface area contributed by atoms with Gasteiger partial charge in [-0.25, -0.2) is 0 Å². The summed E-state index contributed by atoms with van der Waals surface area (Å²) in [4.78, 5) is 4.00. The molecule has 2 aromatic rings. The predicted octanol–water partition coefficient (Wildman–Crippen LogP) is 2.20. The molecule has 0 bridgehead atoms. The van der Waals surface area contributed by atoms with Crippen LogP contribution in [-0.2, 0) is 0 Å². The van der Waals surface area contributed by atoms with E-state index in [1.165, 1.54) is 0 Å². The molecule has 1 heterocycles. The van der Waals surface area contributed by atoms with Gasteiger partial charge in [0.05, 0.1) is 17.3 Å². The molecule has 3 heteroatoms. The number of hydrogen-bond acceptors (Lipinski definition) is 3. The van der Waals surface area contributed by atoms with Gasteiger partial charge in [-0.15, -0.1) is 0 Å². The quantitative estimate of drug-likeness (QED) is 0.758. The van der Waals surface area contributed by atoms with E-state index in [1.54, 1.807) is 18.5 Å². The molecule has 2 N–H and O–H groups in total. The molecule has 0 unspecified atom stereocenters. The Kier molecular flexibility index (Phi) is 2.34. The van der Waals surface area contributed by atoms with Crippen molar-refractivity contribution in [2.24, 2.45) is 0 Å². The molecule has 1 aromatic carbocycles. The number of nitrogen functional groups attached to an aromatic ring is 1. The van der Waals surface area contributed by atoms with E-state index in [1.807, 2.05) is 24.3 Å². The summed E-state index contributed by atoms with van der Waals surface area (Å²) in [6, 6.07) is 11.3. The second kappa shape index (κ2) is 3.81. The molecule has 1 aromatic heterocycles. The van der Waals surface area contributed by atoms with Gasteiger partial charge in [0.2, 0.25) is 0 Å². The Bertz CT molecular complexity index is 526. The fourth-order valence-corrected chi connectivity index (χ4v) is 1.44. The zero-order valence-electron chi connectivity index (χ0n) is 8.01. The van der Waals surface area contributed by atoms with Gasteiger partial charge in [0.25, 0.3) is 0 Å². The second-order valence-electron chi connectivity index (χ2n) is 3.16. The summed E-state index contributed by atoms with van der Waals surface area (Å²) in [6.07, 6.45) is 3.28. The van der Waals surface area contributed by atoms with Crippen LogP contribution in [0.4, 0.5) is 5.69 Å². The molecule has 3 nitrogen and oxygen atoms in total. The molecule has 0 aliphatic carbocycles. The van der Waals surface area contributed by atoms with Crippen LogP contribution >= 0.6 is 0 Å². The topological polar surface area (TPSA) is 62.7 Å². The molecule has 0 radical (unpaired) electrons. The van der Waals surface area contributed by atoms with Crippen molar-refractivity contribution >= 4 is 5.69 Å². The van der Waals surface area contributed by atoms with Crippen molar-refractivity contribution in [3.63, 3.8) is 0 Å². The van der Waals surface area contributed by atoms with E-state index in [0.717, 1.165) is 11.1 Å². The van der Waals surface area contributed by atoms with Gasteiger partial charge in [-0.1, -0.05) is 18.2 Å². The van der Waals surface area contributed by atoms with Crippen molar-refractivity contribution in [1.82, 2.24) is 4.98 Å². The maximum Gasteiger partial charge on any atom is 0.0998 e. The minimum atomic E-state index is 0.597. The van der Waals surface area contributed by atoms with Gasteiger partial charge >= 0.3 is 0 Å². The SMILES string of the molecule is N#Cc1ccccc1-c1cncc(N)c1. The number of rotatable bonds is 1. The molecular weight excluding hydrogens is 186 g/mol. The smallest absolute Gasteiger partial charge is 0.0998 e. The monoisotopic (exact) mass is 195 g/mol. The summed E-state index contributed by atoms with van der Waals surface area (Å²) in [5.41, 5.74) is 8.60. The lowest BCUT2D eigenvalue weighted by atomic mass is 10.0. The van der Waals surface area contributed by atoms with Gasteiger partial charge < -0.3 is 5.73 Å². The summed E-state index contributed by atoms with van der Waals surface area (Å²) < 4.78 is 0. The van der Waals surface area contributed by atoms with Crippen molar-refractivity contribution in [3.8, 4) is 17.2 Å². The lowest BCUT2D eigenvalue weighted by Gasteiger charge is -2.03. The Labute approximate surface area is 87.8 Å². The highest BCUT2D eigenvalue weighted by atomic mass is 14.7.